The number of para-hydroxylation sites is 1. The van der Waals surface area contributed by atoms with Gasteiger partial charge >= 0.3 is 21.1 Å². The number of alkyl halides is 1. The molecule has 0 spiro atoms. The van der Waals surface area contributed by atoms with Crippen LogP contribution in [0.4, 0.5) is 4.39 Å². The van der Waals surface area contributed by atoms with Gasteiger partial charge < -0.3 is 9.30 Å². The average molecular weight is 760 g/mol. The van der Waals surface area contributed by atoms with E-state index in [0.29, 0.717) is 17.1 Å². The van der Waals surface area contributed by atoms with Gasteiger partial charge in [-0.15, -0.1) is 35.7 Å². The fraction of sp³-hybridized carbons (Fsp3) is 0.135. The Kier molecular flexibility index (Phi) is 7.96. The molecule has 0 amide bonds. The zero-order chi connectivity index (χ0) is 29.7. The molecule has 0 radical (unpaired) electrons. The molecule has 0 aliphatic heterocycles. The number of fused-ring (bicyclic) bond motifs is 3. The van der Waals surface area contributed by atoms with E-state index in [2.05, 4.69) is 58.0 Å². The van der Waals surface area contributed by atoms with E-state index in [4.69, 9.17) is 4.74 Å². The summed E-state index contributed by atoms with van der Waals surface area (Å²) in [6.07, 6.45) is 5.64. The fourth-order valence-electron chi connectivity index (χ4n) is 5.94. The molecule has 3 heterocycles. The summed E-state index contributed by atoms with van der Waals surface area (Å²) in [6, 6.07) is 31.0. The molecule has 7 aromatic rings. The van der Waals surface area contributed by atoms with Crippen molar-refractivity contribution in [3.05, 3.63) is 131 Å². The molecule has 0 atom stereocenters. The molecule has 0 saturated carbocycles. The van der Waals surface area contributed by atoms with Crippen molar-refractivity contribution >= 4 is 21.8 Å². The first kappa shape index (κ1) is 29.5. The van der Waals surface area contributed by atoms with Crippen LogP contribution in [0, 0.1) is 39.8 Å². The maximum Gasteiger partial charge on any atom is 2.00 e. The second-order valence-electron chi connectivity index (χ2n) is 11.0. The fourth-order valence-corrected chi connectivity index (χ4v) is 5.94. The van der Waals surface area contributed by atoms with E-state index < -0.39 is 6.67 Å². The molecule has 7 heteroatoms. The van der Waals surface area contributed by atoms with Crippen LogP contribution < -0.4 is 4.74 Å². The first-order valence-corrected chi connectivity index (χ1v) is 14.2. The normalized spacial score (nSPS) is 11.2. The summed E-state index contributed by atoms with van der Waals surface area (Å²) in [5, 5.41) is 6.84. The van der Waals surface area contributed by atoms with Crippen molar-refractivity contribution in [3.63, 3.8) is 0 Å². The zero-order valence-corrected chi connectivity index (χ0v) is 27.0. The standard InChI is InChI=1S/C37H29FN4O.Pt/c1-23-11-12-39-36(15-23)42-34-8-6-5-7-32(34)33-10-9-30(19-35(33)42)43-31-14-24(2)13-29(18-31)41-22-28(21-40-41)37-25(3)16-27(20-38)17-26(37)4;/h5-17,21-22H,20H2,1-4H3;/q-2;+2. The van der Waals surface area contributed by atoms with Crippen molar-refractivity contribution < 1.29 is 30.2 Å². The number of hydrogen-bond donors (Lipinski definition) is 0. The third kappa shape index (κ3) is 5.35. The molecule has 4 aromatic carbocycles. The van der Waals surface area contributed by atoms with Crippen LogP contribution in [0.25, 0.3) is 44.4 Å². The van der Waals surface area contributed by atoms with E-state index in [1.165, 1.54) is 0 Å². The van der Waals surface area contributed by atoms with Gasteiger partial charge in [0.05, 0.1) is 6.20 Å². The van der Waals surface area contributed by atoms with E-state index in [9.17, 15) is 4.39 Å². The first-order chi connectivity index (χ1) is 20.9. The SMILES string of the molecule is Cc1cc(Oc2[c-]c3c(cc2)c2ccccc2n3-c2cc(C)ccn2)[c-]c(-n2cc(-c3c(C)cc(CF)cc3C)cn2)c1.[Pt+2]. The molecule has 220 valence electrons. The van der Waals surface area contributed by atoms with Crippen LogP contribution >= 0.6 is 0 Å². The topological polar surface area (TPSA) is 44.9 Å². The zero-order valence-electron chi connectivity index (χ0n) is 24.8. The van der Waals surface area contributed by atoms with Gasteiger partial charge in [-0.3, -0.25) is 4.68 Å². The van der Waals surface area contributed by atoms with Crippen LogP contribution in [0.15, 0.2) is 91.4 Å². The molecule has 3 aromatic heterocycles. The Hall–Kier alpha value is -4.54. The van der Waals surface area contributed by atoms with Gasteiger partial charge in [0.2, 0.25) is 0 Å². The minimum atomic E-state index is -0.475. The van der Waals surface area contributed by atoms with Crippen molar-refractivity contribution in [2.75, 3.05) is 0 Å². The first-order valence-electron chi connectivity index (χ1n) is 14.2. The minimum Gasteiger partial charge on any atom is -0.509 e. The number of pyridine rings is 1. The number of nitrogens with zero attached hydrogens (tertiary/aromatic N) is 4. The van der Waals surface area contributed by atoms with E-state index in [1.807, 2.05) is 87.9 Å². The van der Waals surface area contributed by atoms with Crippen LogP contribution in [-0.4, -0.2) is 19.3 Å². The largest absolute Gasteiger partial charge is 2.00 e. The third-order valence-corrected chi connectivity index (χ3v) is 7.75. The molecule has 0 unspecified atom stereocenters. The summed E-state index contributed by atoms with van der Waals surface area (Å²) in [5.74, 6) is 1.99. The van der Waals surface area contributed by atoms with Crippen LogP contribution in [-0.2, 0) is 27.7 Å². The number of aryl methyl sites for hydroxylation is 4. The predicted molar refractivity (Wildman–Crippen MR) is 169 cm³/mol. The molecule has 0 saturated heterocycles. The molecule has 0 N–H and O–H groups in total. The number of benzene rings is 4. The monoisotopic (exact) mass is 759 g/mol. The second-order valence-corrected chi connectivity index (χ2v) is 11.0. The third-order valence-electron chi connectivity index (χ3n) is 7.75. The summed E-state index contributed by atoms with van der Waals surface area (Å²) in [7, 11) is 0. The van der Waals surface area contributed by atoms with Crippen molar-refractivity contribution in [3.8, 4) is 34.1 Å². The minimum absolute atomic E-state index is 0. The molecule has 0 aliphatic carbocycles. The van der Waals surface area contributed by atoms with E-state index in [0.717, 1.165) is 66.7 Å². The Morgan fingerprint density at radius 2 is 1.61 bits per heavy atom. The van der Waals surface area contributed by atoms with Crippen LogP contribution in [0.3, 0.4) is 0 Å². The summed E-state index contributed by atoms with van der Waals surface area (Å²) >= 11 is 0. The van der Waals surface area contributed by atoms with Gasteiger partial charge in [0, 0.05) is 35.0 Å². The van der Waals surface area contributed by atoms with Gasteiger partial charge in [-0.25, -0.2) is 9.37 Å². The predicted octanol–water partition coefficient (Wildman–Crippen LogP) is 9.12. The van der Waals surface area contributed by atoms with E-state index in [1.54, 1.807) is 4.68 Å². The van der Waals surface area contributed by atoms with Gasteiger partial charge in [0.15, 0.2) is 0 Å². The maximum absolute atomic E-state index is 13.3. The Labute approximate surface area is 270 Å². The molecule has 0 bridgehead atoms. The van der Waals surface area contributed by atoms with Crippen LogP contribution in [0.1, 0.15) is 27.8 Å². The Bertz CT molecular complexity index is 2140. The summed E-state index contributed by atoms with van der Waals surface area (Å²) in [6.45, 7) is 7.62. The van der Waals surface area contributed by atoms with Crippen molar-refractivity contribution in [2.45, 2.75) is 34.4 Å². The van der Waals surface area contributed by atoms with Crippen LogP contribution in [0.2, 0.25) is 0 Å². The summed E-state index contributed by atoms with van der Waals surface area (Å²) < 4.78 is 23.6. The Morgan fingerprint density at radius 1 is 0.818 bits per heavy atom. The number of rotatable bonds is 6. The van der Waals surface area contributed by atoms with Crippen molar-refractivity contribution in [1.29, 1.82) is 0 Å². The molecular weight excluding hydrogens is 731 g/mol. The van der Waals surface area contributed by atoms with Crippen LogP contribution in [0.5, 0.6) is 11.5 Å². The van der Waals surface area contributed by atoms with E-state index in [-0.39, 0.29) is 21.1 Å². The van der Waals surface area contributed by atoms with Gasteiger partial charge in [-0.1, -0.05) is 42.8 Å². The molecular formula is C37H29FN4OPt. The maximum atomic E-state index is 13.3. The van der Waals surface area contributed by atoms with Gasteiger partial charge in [-0.2, -0.15) is 16.7 Å². The Balaban J connectivity index is 0.00000343. The Morgan fingerprint density at radius 3 is 2.39 bits per heavy atom. The summed E-state index contributed by atoms with van der Waals surface area (Å²) in [4.78, 5) is 4.67. The van der Waals surface area contributed by atoms with Crippen molar-refractivity contribution in [2.24, 2.45) is 0 Å². The van der Waals surface area contributed by atoms with Gasteiger partial charge in [-0.05, 0) is 77.9 Å². The smallest absolute Gasteiger partial charge is 0.509 e. The van der Waals surface area contributed by atoms with Gasteiger partial charge in [0.25, 0.3) is 0 Å². The number of ether oxygens (including phenoxy) is 1. The molecule has 0 fully saturated rings. The van der Waals surface area contributed by atoms with E-state index >= 15 is 0 Å². The van der Waals surface area contributed by atoms with Gasteiger partial charge in [0.1, 0.15) is 12.5 Å². The number of halogens is 1. The summed E-state index contributed by atoms with van der Waals surface area (Å²) in [5.41, 5.74) is 9.62. The quantitative estimate of drug-likeness (QED) is 0.159. The number of aromatic nitrogens is 4. The molecule has 5 nitrogen and oxygen atoms in total. The average Bonchev–Trinajstić information content (AvgIpc) is 3.59. The molecule has 7 rings (SSSR count). The molecule has 44 heavy (non-hydrogen) atoms. The molecule has 0 aliphatic rings. The second kappa shape index (κ2) is 11.9. The van der Waals surface area contributed by atoms with Crippen molar-refractivity contribution in [1.82, 2.24) is 19.3 Å². The number of hydrogen-bond acceptors (Lipinski definition) is 3.